The molecular formula is C16H17N5. The summed E-state index contributed by atoms with van der Waals surface area (Å²) < 4.78 is 0. The van der Waals surface area contributed by atoms with Crippen molar-refractivity contribution in [3.63, 3.8) is 0 Å². The van der Waals surface area contributed by atoms with Crippen LogP contribution in [0.3, 0.4) is 0 Å². The van der Waals surface area contributed by atoms with Gasteiger partial charge in [0.15, 0.2) is 5.82 Å². The second kappa shape index (κ2) is 6.11. The standard InChI is InChI=1S/C16H14N4.H3N/c1-11-4-5-13(17)9-14(11)16-19-8-6-15(20-16)12-3-2-7-18-10-12;/h2-10H,17H2,1H3;1H3. The van der Waals surface area contributed by atoms with Crippen molar-refractivity contribution >= 4 is 5.69 Å². The molecule has 0 saturated carbocycles. The third-order valence-corrected chi connectivity index (χ3v) is 3.12. The highest BCUT2D eigenvalue weighted by Crippen LogP contribution is 2.24. The van der Waals surface area contributed by atoms with E-state index >= 15 is 0 Å². The van der Waals surface area contributed by atoms with Crippen molar-refractivity contribution in [3.8, 4) is 22.6 Å². The van der Waals surface area contributed by atoms with Gasteiger partial charge in [-0.2, -0.15) is 0 Å². The molecule has 0 saturated heterocycles. The molecule has 3 aromatic rings. The van der Waals surface area contributed by atoms with Crippen LogP contribution in [0.5, 0.6) is 0 Å². The van der Waals surface area contributed by atoms with Crippen molar-refractivity contribution in [2.75, 3.05) is 5.73 Å². The molecule has 3 rings (SSSR count). The average molecular weight is 279 g/mol. The predicted molar refractivity (Wildman–Crippen MR) is 84.9 cm³/mol. The van der Waals surface area contributed by atoms with Crippen LogP contribution < -0.4 is 11.9 Å². The molecule has 0 aliphatic carbocycles. The van der Waals surface area contributed by atoms with Crippen LogP contribution in [-0.2, 0) is 0 Å². The van der Waals surface area contributed by atoms with E-state index in [0.717, 1.165) is 22.4 Å². The lowest BCUT2D eigenvalue weighted by molar-refractivity contribution is 1.17. The molecule has 0 aliphatic heterocycles. The maximum Gasteiger partial charge on any atom is 0.160 e. The lowest BCUT2D eigenvalue weighted by Crippen LogP contribution is -1.95. The highest BCUT2D eigenvalue weighted by atomic mass is 14.9. The molecule has 1 aromatic carbocycles. The Balaban J connectivity index is 0.00000161. The first-order valence-electron chi connectivity index (χ1n) is 6.34. The zero-order chi connectivity index (χ0) is 13.9. The second-order valence-electron chi connectivity index (χ2n) is 4.58. The minimum absolute atomic E-state index is 0. The van der Waals surface area contributed by atoms with Gasteiger partial charge in [0.05, 0.1) is 5.69 Å². The maximum absolute atomic E-state index is 5.85. The Morgan fingerprint density at radius 3 is 2.67 bits per heavy atom. The van der Waals surface area contributed by atoms with E-state index in [4.69, 9.17) is 5.73 Å². The van der Waals surface area contributed by atoms with Crippen molar-refractivity contribution in [2.45, 2.75) is 6.92 Å². The number of aryl methyl sites for hydroxylation is 1. The first kappa shape index (κ1) is 14.6. The highest BCUT2D eigenvalue weighted by Gasteiger charge is 2.07. The zero-order valence-corrected chi connectivity index (χ0v) is 11.8. The number of pyridine rings is 1. The lowest BCUT2D eigenvalue weighted by Gasteiger charge is -2.07. The van der Waals surface area contributed by atoms with Gasteiger partial charge in [-0.15, -0.1) is 0 Å². The maximum atomic E-state index is 5.85. The number of rotatable bonds is 2. The Bertz CT molecular complexity index is 741. The average Bonchev–Trinajstić information content (AvgIpc) is 2.51. The minimum atomic E-state index is 0. The summed E-state index contributed by atoms with van der Waals surface area (Å²) in [5.74, 6) is 0.677. The summed E-state index contributed by atoms with van der Waals surface area (Å²) in [4.78, 5) is 13.1. The van der Waals surface area contributed by atoms with E-state index in [1.54, 1.807) is 18.6 Å². The van der Waals surface area contributed by atoms with Gasteiger partial charge in [0.2, 0.25) is 0 Å². The Labute approximate surface area is 123 Å². The van der Waals surface area contributed by atoms with Crippen molar-refractivity contribution in [3.05, 3.63) is 60.6 Å². The van der Waals surface area contributed by atoms with Gasteiger partial charge in [0.25, 0.3) is 0 Å². The number of hydrogen-bond donors (Lipinski definition) is 2. The van der Waals surface area contributed by atoms with Gasteiger partial charge < -0.3 is 11.9 Å². The summed E-state index contributed by atoms with van der Waals surface area (Å²) in [7, 11) is 0. The summed E-state index contributed by atoms with van der Waals surface area (Å²) in [6.45, 7) is 2.02. The monoisotopic (exact) mass is 279 g/mol. The summed E-state index contributed by atoms with van der Waals surface area (Å²) in [5, 5.41) is 0. The number of anilines is 1. The van der Waals surface area contributed by atoms with E-state index < -0.39 is 0 Å². The van der Waals surface area contributed by atoms with Crippen molar-refractivity contribution < 1.29 is 0 Å². The molecule has 0 bridgehead atoms. The van der Waals surface area contributed by atoms with Crippen LogP contribution >= 0.6 is 0 Å². The topological polar surface area (TPSA) is 99.7 Å². The third-order valence-electron chi connectivity index (χ3n) is 3.12. The molecule has 5 heteroatoms. The van der Waals surface area contributed by atoms with Crippen LogP contribution in [-0.4, -0.2) is 15.0 Å². The Kier molecular flexibility index (Phi) is 4.25. The largest absolute Gasteiger partial charge is 0.399 e. The van der Waals surface area contributed by atoms with Crippen LogP contribution in [0.4, 0.5) is 5.69 Å². The van der Waals surface area contributed by atoms with Gasteiger partial charge in [-0.3, -0.25) is 4.98 Å². The molecule has 5 nitrogen and oxygen atoms in total. The number of nitrogen functional groups attached to an aromatic ring is 1. The van der Waals surface area contributed by atoms with Crippen LogP contribution in [0.25, 0.3) is 22.6 Å². The van der Waals surface area contributed by atoms with E-state index in [-0.39, 0.29) is 6.15 Å². The van der Waals surface area contributed by atoms with Crippen LogP contribution in [0, 0.1) is 6.92 Å². The summed E-state index contributed by atoms with van der Waals surface area (Å²) >= 11 is 0. The molecule has 0 atom stereocenters. The van der Waals surface area contributed by atoms with Crippen LogP contribution in [0.1, 0.15) is 5.56 Å². The molecular weight excluding hydrogens is 262 g/mol. The molecule has 2 aromatic heterocycles. The molecule has 0 fully saturated rings. The number of aromatic nitrogens is 3. The molecule has 0 unspecified atom stereocenters. The van der Waals surface area contributed by atoms with E-state index in [9.17, 15) is 0 Å². The minimum Gasteiger partial charge on any atom is -0.399 e. The zero-order valence-electron chi connectivity index (χ0n) is 11.8. The Morgan fingerprint density at radius 2 is 1.90 bits per heavy atom. The Morgan fingerprint density at radius 1 is 1.05 bits per heavy atom. The number of nitrogens with two attached hydrogens (primary N) is 1. The van der Waals surface area contributed by atoms with E-state index in [1.165, 1.54) is 0 Å². The van der Waals surface area contributed by atoms with Crippen molar-refractivity contribution in [1.82, 2.24) is 21.1 Å². The summed E-state index contributed by atoms with van der Waals surface area (Å²) in [6.07, 6.45) is 5.29. The fraction of sp³-hybridized carbons (Fsp3) is 0.0625. The predicted octanol–water partition coefficient (Wildman–Crippen LogP) is 3.26. The molecule has 0 spiro atoms. The SMILES string of the molecule is Cc1ccc(N)cc1-c1nccc(-c2cccnc2)n1.N. The van der Waals surface area contributed by atoms with Gasteiger partial charge in [-0.1, -0.05) is 6.07 Å². The first-order chi connectivity index (χ1) is 9.74. The quantitative estimate of drug-likeness (QED) is 0.701. The third kappa shape index (κ3) is 3.04. The first-order valence-corrected chi connectivity index (χ1v) is 6.34. The number of benzene rings is 1. The van der Waals surface area contributed by atoms with Gasteiger partial charge in [-0.25, -0.2) is 9.97 Å². The van der Waals surface area contributed by atoms with E-state index in [0.29, 0.717) is 11.5 Å². The van der Waals surface area contributed by atoms with Crippen molar-refractivity contribution in [2.24, 2.45) is 0 Å². The van der Waals surface area contributed by atoms with E-state index in [1.807, 2.05) is 43.3 Å². The van der Waals surface area contributed by atoms with Crippen molar-refractivity contribution in [1.29, 1.82) is 0 Å². The fourth-order valence-corrected chi connectivity index (χ4v) is 2.04. The normalized spacial score (nSPS) is 9.95. The van der Waals surface area contributed by atoms with Crippen LogP contribution in [0.2, 0.25) is 0 Å². The van der Waals surface area contributed by atoms with Gasteiger partial charge >= 0.3 is 0 Å². The van der Waals surface area contributed by atoms with Gasteiger partial charge in [0, 0.05) is 35.4 Å². The van der Waals surface area contributed by atoms with E-state index in [2.05, 4.69) is 15.0 Å². The lowest BCUT2D eigenvalue weighted by atomic mass is 10.1. The second-order valence-corrected chi connectivity index (χ2v) is 4.58. The fourth-order valence-electron chi connectivity index (χ4n) is 2.04. The van der Waals surface area contributed by atoms with Crippen LogP contribution in [0.15, 0.2) is 55.0 Å². The molecule has 5 N–H and O–H groups in total. The van der Waals surface area contributed by atoms with Gasteiger partial charge in [0.1, 0.15) is 0 Å². The number of nitrogens with zero attached hydrogens (tertiary/aromatic N) is 3. The molecule has 106 valence electrons. The highest BCUT2D eigenvalue weighted by molar-refractivity contribution is 5.67. The molecule has 21 heavy (non-hydrogen) atoms. The molecule has 0 radical (unpaired) electrons. The molecule has 0 amide bonds. The van der Waals surface area contributed by atoms with Gasteiger partial charge in [-0.05, 0) is 42.8 Å². The molecule has 2 heterocycles. The molecule has 0 aliphatic rings. The number of hydrogen-bond acceptors (Lipinski definition) is 5. The smallest absolute Gasteiger partial charge is 0.160 e. The summed E-state index contributed by atoms with van der Waals surface area (Å²) in [6, 6.07) is 11.5. The summed E-state index contributed by atoms with van der Waals surface area (Å²) in [5.41, 5.74) is 10.4. The Hall–Kier alpha value is -2.79.